The molecule has 172 valence electrons. The van der Waals surface area contributed by atoms with Crippen molar-refractivity contribution in [3.8, 4) is 0 Å². The fourth-order valence-corrected chi connectivity index (χ4v) is 3.71. The fourth-order valence-electron chi connectivity index (χ4n) is 3.71. The van der Waals surface area contributed by atoms with Gasteiger partial charge in [-0.15, -0.1) is 0 Å². The summed E-state index contributed by atoms with van der Waals surface area (Å²) in [5.74, 6) is -0.0504. The maximum Gasteiger partial charge on any atom is 0.333 e. The number of allylic oxidation sites excluding steroid dienone is 1. The zero-order chi connectivity index (χ0) is 21.4. The molecule has 0 aliphatic heterocycles. The predicted molar refractivity (Wildman–Crippen MR) is 128 cm³/mol. The SMILES string of the molecule is CCCCC=C(CCCCCCCC)C(=O)OCCCCCCCCCCCC. The van der Waals surface area contributed by atoms with Crippen LogP contribution < -0.4 is 0 Å². The highest BCUT2D eigenvalue weighted by molar-refractivity contribution is 5.88. The largest absolute Gasteiger partial charge is 0.462 e. The summed E-state index contributed by atoms with van der Waals surface area (Å²) in [4.78, 5) is 12.5. The highest BCUT2D eigenvalue weighted by Crippen LogP contribution is 2.16. The van der Waals surface area contributed by atoms with Gasteiger partial charge in [0.05, 0.1) is 6.61 Å². The van der Waals surface area contributed by atoms with E-state index < -0.39 is 0 Å². The number of rotatable bonds is 22. The molecule has 0 spiro atoms. The Morgan fingerprint density at radius 2 is 1.03 bits per heavy atom. The Hall–Kier alpha value is -0.790. The van der Waals surface area contributed by atoms with Crippen molar-refractivity contribution in [3.05, 3.63) is 11.6 Å². The topological polar surface area (TPSA) is 26.3 Å². The minimum absolute atomic E-state index is 0.0504. The van der Waals surface area contributed by atoms with Crippen LogP contribution in [0.3, 0.4) is 0 Å². The van der Waals surface area contributed by atoms with Crippen LogP contribution >= 0.6 is 0 Å². The first-order valence-electron chi connectivity index (χ1n) is 13.1. The predicted octanol–water partition coefficient (Wildman–Crippen LogP) is 9.32. The van der Waals surface area contributed by atoms with E-state index in [1.165, 1.54) is 96.3 Å². The second-order valence-corrected chi connectivity index (χ2v) is 8.71. The molecule has 2 nitrogen and oxygen atoms in total. The molecule has 0 fully saturated rings. The van der Waals surface area contributed by atoms with Gasteiger partial charge in [-0.05, 0) is 25.7 Å². The quantitative estimate of drug-likeness (QED) is 0.101. The first-order chi connectivity index (χ1) is 14.3. The smallest absolute Gasteiger partial charge is 0.333 e. The number of unbranched alkanes of at least 4 members (excludes halogenated alkanes) is 16. The number of hydrogen-bond donors (Lipinski definition) is 0. The van der Waals surface area contributed by atoms with E-state index in [4.69, 9.17) is 4.74 Å². The van der Waals surface area contributed by atoms with Crippen LogP contribution in [-0.2, 0) is 9.53 Å². The minimum Gasteiger partial charge on any atom is -0.462 e. The molecule has 2 heteroatoms. The summed E-state index contributed by atoms with van der Waals surface area (Å²) in [6.07, 6.45) is 27.1. The van der Waals surface area contributed by atoms with Crippen molar-refractivity contribution in [1.29, 1.82) is 0 Å². The molecule has 0 aromatic rings. The first-order valence-corrected chi connectivity index (χ1v) is 13.1. The van der Waals surface area contributed by atoms with Crippen molar-refractivity contribution in [2.75, 3.05) is 6.61 Å². The van der Waals surface area contributed by atoms with E-state index in [0.29, 0.717) is 6.61 Å². The summed E-state index contributed by atoms with van der Waals surface area (Å²) in [5.41, 5.74) is 0.932. The standard InChI is InChI=1S/C27H52O2/c1-4-7-10-12-14-15-16-17-19-22-25-29-27(28)26(23-20-9-6-3)24-21-18-13-11-8-5-2/h23H,4-22,24-25H2,1-3H3. The van der Waals surface area contributed by atoms with E-state index in [0.717, 1.165) is 37.7 Å². The second-order valence-electron chi connectivity index (χ2n) is 8.71. The molecule has 0 heterocycles. The van der Waals surface area contributed by atoms with Crippen LogP contribution in [0.25, 0.3) is 0 Å². The Morgan fingerprint density at radius 1 is 0.586 bits per heavy atom. The molecule has 0 atom stereocenters. The summed E-state index contributed by atoms with van der Waals surface area (Å²) in [6, 6.07) is 0. The van der Waals surface area contributed by atoms with Crippen LogP contribution in [0.1, 0.15) is 149 Å². The zero-order valence-electron chi connectivity index (χ0n) is 20.2. The Morgan fingerprint density at radius 3 is 1.55 bits per heavy atom. The van der Waals surface area contributed by atoms with Crippen LogP contribution in [0.5, 0.6) is 0 Å². The summed E-state index contributed by atoms with van der Waals surface area (Å²) < 4.78 is 5.60. The van der Waals surface area contributed by atoms with Crippen molar-refractivity contribution in [2.45, 2.75) is 149 Å². The van der Waals surface area contributed by atoms with Gasteiger partial charge in [0.2, 0.25) is 0 Å². The lowest BCUT2D eigenvalue weighted by Crippen LogP contribution is -2.09. The van der Waals surface area contributed by atoms with E-state index in [9.17, 15) is 4.79 Å². The summed E-state index contributed by atoms with van der Waals surface area (Å²) in [7, 11) is 0. The molecule has 0 aromatic heterocycles. The molecule has 0 aliphatic rings. The normalized spacial score (nSPS) is 11.8. The van der Waals surface area contributed by atoms with Gasteiger partial charge >= 0.3 is 5.97 Å². The number of esters is 1. The molecule has 0 aromatic carbocycles. The molecule has 0 amide bonds. The first kappa shape index (κ1) is 28.2. The lowest BCUT2D eigenvalue weighted by atomic mass is 10.0. The molecule has 0 N–H and O–H groups in total. The lowest BCUT2D eigenvalue weighted by Gasteiger charge is -2.09. The van der Waals surface area contributed by atoms with Gasteiger partial charge in [-0.2, -0.15) is 0 Å². The summed E-state index contributed by atoms with van der Waals surface area (Å²) in [5, 5.41) is 0. The highest BCUT2D eigenvalue weighted by atomic mass is 16.5. The van der Waals surface area contributed by atoms with E-state index in [1.807, 2.05) is 0 Å². The van der Waals surface area contributed by atoms with Crippen molar-refractivity contribution in [2.24, 2.45) is 0 Å². The molecular weight excluding hydrogens is 356 g/mol. The third kappa shape index (κ3) is 20.3. The number of ether oxygens (including phenoxy) is 1. The van der Waals surface area contributed by atoms with Gasteiger partial charge in [0.15, 0.2) is 0 Å². The number of carbonyl (C=O) groups excluding carboxylic acids is 1. The van der Waals surface area contributed by atoms with Gasteiger partial charge in [0.25, 0.3) is 0 Å². The molecule has 0 aliphatic carbocycles. The average Bonchev–Trinajstić information content (AvgIpc) is 2.73. The third-order valence-electron chi connectivity index (χ3n) is 5.74. The average molecular weight is 409 g/mol. The second kappa shape index (κ2) is 23.5. The van der Waals surface area contributed by atoms with E-state index >= 15 is 0 Å². The minimum atomic E-state index is -0.0504. The van der Waals surface area contributed by atoms with Crippen molar-refractivity contribution in [3.63, 3.8) is 0 Å². The third-order valence-corrected chi connectivity index (χ3v) is 5.74. The van der Waals surface area contributed by atoms with Crippen LogP contribution in [-0.4, -0.2) is 12.6 Å². The molecule has 0 saturated carbocycles. The van der Waals surface area contributed by atoms with Gasteiger partial charge < -0.3 is 4.74 Å². The number of carbonyl (C=O) groups is 1. The van der Waals surface area contributed by atoms with Crippen molar-refractivity contribution < 1.29 is 9.53 Å². The van der Waals surface area contributed by atoms with Gasteiger partial charge in [0.1, 0.15) is 0 Å². The van der Waals surface area contributed by atoms with Gasteiger partial charge in [-0.3, -0.25) is 0 Å². The van der Waals surface area contributed by atoms with E-state index in [1.54, 1.807) is 0 Å². The van der Waals surface area contributed by atoms with Crippen LogP contribution in [0.2, 0.25) is 0 Å². The van der Waals surface area contributed by atoms with Gasteiger partial charge in [-0.25, -0.2) is 4.79 Å². The van der Waals surface area contributed by atoms with Crippen molar-refractivity contribution >= 4 is 5.97 Å². The fraction of sp³-hybridized carbons (Fsp3) is 0.889. The summed E-state index contributed by atoms with van der Waals surface area (Å²) >= 11 is 0. The maximum absolute atomic E-state index is 12.5. The molecule has 0 bridgehead atoms. The number of hydrogen-bond acceptors (Lipinski definition) is 2. The molecule has 0 rings (SSSR count). The Balaban J connectivity index is 3.85. The molecular formula is C27H52O2. The Labute approximate surface area is 183 Å². The summed E-state index contributed by atoms with van der Waals surface area (Å²) in [6.45, 7) is 7.31. The molecule has 0 radical (unpaired) electrons. The Kier molecular flexibility index (Phi) is 22.8. The van der Waals surface area contributed by atoms with Crippen LogP contribution in [0.4, 0.5) is 0 Å². The lowest BCUT2D eigenvalue weighted by molar-refractivity contribution is -0.139. The highest BCUT2D eigenvalue weighted by Gasteiger charge is 2.10. The maximum atomic E-state index is 12.5. The van der Waals surface area contributed by atoms with Gasteiger partial charge in [-0.1, -0.05) is 130 Å². The molecule has 0 unspecified atom stereocenters. The van der Waals surface area contributed by atoms with Crippen LogP contribution in [0.15, 0.2) is 11.6 Å². The Bertz CT molecular complexity index is 373. The molecule has 0 saturated heterocycles. The van der Waals surface area contributed by atoms with Gasteiger partial charge in [0, 0.05) is 5.57 Å². The van der Waals surface area contributed by atoms with Crippen molar-refractivity contribution in [1.82, 2.24) is 0 Å². The molecule has 29 heavy (non-hydrogen) atoms. The zero-order valence-corrected chi connectivity index (χ0v) is 20.2. The van der Waals surface area contributed by atoms with Crippen LogP contribution in [0, 0.1) is 0 Å². The van der Waals surface area contributed by atoms with E-state index in [-0.39, 0.29) is 5.97 Å². The monoisotopic (exact) mass is 408 g/mol. The van der Waals surface area contributed by atoms with E-state index in [2.05, 4.69) is 26.8 Å².